The lowest BCUT2D eigenvalue weighted by atomic mass is 10.1. The molecule has 0 spiro atoms. The van der Waals surface area contributed by atoms with Crippen molar-refractivity contribution in [2.45, 2.75) is 31.7 Å². The van der Waals surface area contributed by atoms with Gasteiger partial charge in [-0.3, -0.25) is 24.6 Å². The normalized spacial score (nSPS) is 16.5. The number of carbonyl (C=O) groups is 2. The van der Waals surface area contributed by atoms with Gasteiger partial charge in [0.2, 0.25) is 5.91 Å². The summed E-state index contributed by atoms with van der Waals surface area (Å²) in [4.78, 5) is 35.5. The van der Waals surface area contributed by atoms with Crippen molar-refractivity contribution in [2.75, 3.05) is 18.4 Å². The molecule has 23 heavy (non-hydrogen) atoms. The highest BCUT2D eigenvalue weighted by Crippen LogP contribution is 2.19. The number of hydrogen-bond acceptors (Lipinski definition) is 5. The van der Waals surface area contributed by atoms with Gasteiger partial charge >= 0.3 is 5.97 Å². The van der Waals surface area contributed by atoms with Crippen molar-refractivity contribution in [3.63, 3.8) is 0 Å². The van der Waals surface area contributed by atoms with Gasteiger partial charge < -0.3 is 10.4 Å². The van der Waals surface area contributed by atoms with E-state index in [-0.39, 0.29) is 17.8 Å². The number of rotatable bonds is 6. The fraction of sp³-hybridized carbons (Fsp3) is 0.467. The number of carbonyl (C=O) groups excluding carboxylic acids is 1. The van der Waals surface area contributed by atoms with Gasteiger partial charge in [-0.15, -0.1) is 0 Å². The molecule has 1 heterocycles. The monoisotopic (exact) mass is 321 g/mol. The van der Waals surface area contributed by atoms with Crippen molar-refractivity contribution < 1.29 is 19.6 Å². The van der Waals surface area contributed by atoms with Gasteiger partial charge in [0.05, 0.1) is 11.3 Å². The van der Waals surface area contributed by atoms with E-state index in [1.54, 1.807) is 4.90 Å². The van der Waals surface area contributed by atoms with E-state index in [2.05, 4.69) is 5.32 Å². The van der Waals surface area contributed by atoms with Crippen LogP contribution < -0.4 is 5.32 Å². The lowest BCUT2D eigenvalue weighted by Crippen LogP contribution is -2.45. The van der Waals surface area contributed by atoms with E-state index in [0.717, 1.165) is 19.3 Å². The van der Waals surface area contributed by atoms with E-state index in [4.69, 9.17) is 0 Å². The molecule has 1 atom stereocenters. The summed E-state index contributed by atoms with van der Waals surface area (Å²) in [5.41, 5.74) is 0.153. The highest BCUT2D eigenvalue weighted by atomic mass is 16.6. The molecule has 1 fully saturated rings. The van der Waals surface area contributed by atoms with Gasteiger partial charge in [-0.2, -0.15) is 0 Å². The van der Waals surface area contributed by atoms with Crippen LogP contribution in [0.25, 0.3) is 0 Å². The number of benzene rings is 1. The average Bonchev–Trinajstić information content (AvgIpc) is 2.53. The molecule has 2 N–H and O–H groups in total. The van der Waals surface area contributed by atoms with E-state index in [1.807, 2.05) is 0 Å². The molecule has 0 bridgehead atoms. The SMILES string of the molecule is O=C(CC(C(=O)O)N1CCCCC1)Nc1cccc([N+](=O)[O-])c1. The number of non-ortho nitro benzene ring substituents is 1. The van der Waals surface area contributed by atoms with Crippen LogP contribution in [0.15, 0.2) is 24.3 Å². The fourth-order valence-corrected chi connectivity index (χ4v) is 2.69. The minimum Gasteiger partial charge on any atom is -0.480 e. The molecule has 1 aliphatic heterocycles. The van der Waals surface area contributed by atoms with E-state index >= 15 is 0 Å². The second-order valence-corrected chi connectivity index (χ2v) is 5.51. The zero-order valence-electron chi connectivity index (χ0n) is 12.6. The number of nitrogens with zero attached hydrogens (tertiary/aromatic N) is 2. The lowest BCUT2D eigenvalue weighted by molar-refractivity contribution is -0.384. The summed E-state index contributed by atoms with van der Waals surface area (Å²) in [7, 11) is 0. The van der Waals surface area contributed by atoms with Crippen LogP contribution in [0.5, 0.6) is 0 Å². The van der Waals surface area contributed by atoms with Crippen LogP contribution in [0, 0.1) is 10.1 Å². The lowest BCUT2D eigenvalue weighted by Gasteiger charge is -2.31. The highest BCUT2D eigenvalue weighted by Gasteiger charge is 2.29. The van der Waals surface area contributed by atoms with Crippen LogP contribution in [0.4, 0.5) is 11.4 Å². The Morgan fingerprint density at radius 2 is 2.00 bits per heavy atom. The molecule has 2 rings (SSSR count). The number of hydrogen-bond donors (Lipinski definition) is 2. The minimum absolute atomic E-state index is 0.131. The molecule has 1 aromatic carbocycles. The third-order valence-corrected chi connectivity index (χ3v) is 3.84. The molecule has 1 aromatic rings. The largest absolute Gasteiger partial charge is 0.480 e. The summed E-state index contributed by atoms with van der Waals surface area (Å²) in [5.74, 6) is -1.50. The molecule has 124 valence electrons. The highest BCUT2D eigenvalue weighted by molar-refractivity contribution is 5.94. The van der Waals surface area contributed by atoms with Crippen LogP contribution in [0.1, 0.15) is 25.7 Å². The molecular weight excluding hydrogens is 302 g/mol. The van der Waals surface area contributed by atoms with Crippen molar-refractivity contribution in [3.05, 3.63) is 34.4 Å². The number of nitrogens with one attached hydrogen (secondary N) is 1. The molecule has 0 aromatic heterocycles. The van der Waals surface area contributed by atoms with Crippen LogP contribution in [0.2, 0.25) is 0 Å². The summed E-state index contributed by atoms with van der Waals surface area (Å²) >= 11 is 0. The third kappa shape index (κ3) is 4.75. The van der Waals surface area contributed by atoms with Crippen molar-refractivity contribution >= 4 is 23.3 Å². The van der Waals surface area contributed by atoms with Gasteiger partial charge in [0, 0.05) is 17.8 Å². The first-order chi connectivity index (χ1) is 11.0. The second kappa shape index (κ2) is 7.68. The summed E-state index contributed by atoms with van der Waals surface area (Å²) in [6.45, 7) is 1.34. The molecule has 0 saturated carbocycles. The third-order valence-electron chi connectivity index (χ3n) is 3.84. The fourth-order valence-electron chi connectivity index (χ4n) is 2.69. The Morgan fingerprint density at radius 3 is 2.61 bits per heavy atom. The van der Waals surface area contributed by atoms with Crippen molar-refractivity contribution in [1.82, 2.24) is 4.90 Å². The van der Waals surface area contributed by atoms with Crippen molar-refractivity contribution in [2.24, 2.45) is 0 Å². The van der Waals surface area contributed by atoms with Crippen LogP contribution >= 0.6 is 0 Å². The maximum atomic E-state index is 12.1. The molecule has 1 amide bonds. The van der Waals surface area contributed by atoms with Crippen LogP contribution in [-0.2, 0) is 9.59 Å². The average molecular weight is 321 g/mol. The molecule has 0 radical (unpaired) electrons. The number of amides is 1. The Bertz CT molecular complexity index is 599. The molecule has 1 unspecified atom stereocenters. The van der Waals surface area contributed by atoms with E-state index in [9.17, 15) is 24.8 Å². The maximum absolute atomic E-state index is 12.1. The minimum atomic E-state index is -1.03. The molecule has 8 heteroatoms. The van der Waals surface area contributed by atoms with Gasteiger partial charge in [-0.1, -0.05) is 12.5 Å². The number of aliphatic carboxylic acids is 1. The standard InChI is InChI=1S/C15H19N3O5/c19-14(16-11-5-4-6-12(9-11)18(22)23)10-13(15(20)21)17-7-2-1-3-8-17/h4-6,9,13H,1-3,7-8,10H2,(H,16,19)(H,20,21). The number of anilines is 1. The Kier molecular flexibility index (Phi) is 5.64. The van der Waals surface area contributed by atoms with Crippen LogP contribution in [0.3, 0.4) is 0 Å². The summed E-state index contributed by atoms with van der Waals surface area (Å²) in [5, 5.41) is 22.6. The van der Waals surface area contributed by atoms with E-state index in [0.29, 0.717) is 13.1 Å². The summed E-state index contributed by atoms with van der Waals surface area (Å²) in [6, 6.07) is 4.70. The van der Waals surface area contributed by atoms with E-state index in [1.165, 1.54) is 24.3 Å². The number of carboxylic acids is 1. The number of nitro groups is 1. The molecule has 1 aliphatic rings. The first kappa shape index (κ1) is 16.9. The van der Waals surface area contributed by atoms with Gasteiger partial charge in [-0.05, 0) is 32.0 Å². The summed E-state index contributed by atoms with van der Waals surface area (Å²) < 4.78 is 0. The molecule has 0 aliphatic carbocycles. The van der Waals surface area contributed by atoms with Gasteiger partial charge in [0.1, 0.15) is 6.04 Å². The first-order valence-corrected chi connectivity index (χ1v) is 7.48. The zero-order valence-corrected chi connectivity index (χ0v) is 12.6. The molecule has 1 saturated heterocycles. The predicted molar refractivity (Wildman–Crippen MR) is 83.2 cm³/mol. The summed E-state index contributed by atoms with van der Waals surface area (Å²) in [6.07, 6.45) is 2.74. The Hall–Kier alpha value is -2.48. The number of nitro benzene ring substituents is 1. The number of carboxylic acid groups (broad SMARTS) is 1. The Labute approximate surface area is 133 Å². The number of likely N-dealkylation sites (tertiary alicyclic amines) is 1. The van der Waals surface area contributed by atoms with Crippen molar-refractivity contribution in [3.8, 4) is 0 Å². The first-order valence-electron chi connectivity index (χ1n) is 7.48. The Morgan fingerprint density at radius 1 is 1.30 bits per heavy atom. The van der Waals surface area contributed by atoms with Crippen LogP contribution in [-0.4, -0.2) is 45.9 Å². The van der Waals surface area contributed by atoms with E-state index < -0.39 is 22.8 Å². The Balaban J connectivity index is 2.00. The topological polar surface area (TPSA) is 113 Å². The van der Waals surface area contributed by atoms with Gasteiger partial charge in [-0.25, -0.2) is 0 Å². The van der Waals surface area contributed by atoms with Gasteiger partial charge in [0.25, 0.3) is 5.69 Å². The second-order valence-electron chi connectivity index (χ2n) is 5.51. The maximum Gasteiger partial charge on any atom is 0.321 e. The zero-order chi connectivity index (χ0) is 16.8. The molecular formula is C15H19N3O5. The predicted octanol–water partition coefficient (Wildman–Crippen LogP) is 1.86. The van der Waals surface area contributed by atoms with Crippen molar-refractivity contribution in [1.29, 1.82) is 0 Å². The number of piperidine rings is 1. The molecule has 8 nitrogen and oxygen atoms in total. The quantitative estimate of drug-likeness (QED) is 0.611. The smallest absolute Gasteiger partial charge is 0.321 e. The van der Waals surface area contributed by atoms with Gasteiger partial charge in [0.15, 0.2) is 0 Å².